The summed E-state index contributed by atoms with van der Waals surface area (Å²) in [5.41, 5.74) is 1.98. The maximum Gasteiger partial charge on any atom is 0.248 e. The Balaban J connectivity index is 1.62. The van der Waals surface area contributed by atoms with Crippen LogP contribution in [0.3, 0.4) is 0 Å². The molecule has 0 unspecified atom stereocenters. The van der Waals surface area contributed by atoms with Crippen molar-refractivity contribution in [2.45, 2.75) is 24.9 Å². The molecule has 2 heterocycles. The second-order valence-corrected chi connectivity index (χ2v) is 7.71. The molecular formula is C22H24F2N2O2. The van der Waals surface area contributed by atoms with Crippen LogP contribution in [0.2, 0.25) is 0 Å². The number of carbonyl (C=O) groups is 1. The van der Waals surface area contributed by atoms with Crippen LogP contribution in [0.5, 0.6) is 0 Å². The molecule has 1 amide bonds. The number of likely N-dealkylation sites (tertiary alicyclic amines) is 2. The van der Waals surface area contributed by atoms with Crippen molar-refractivity contribution in [1.29, 1.82) is 0 Å². The lowest BCUT2D eigenvalue weighted by molar-refractivity contribution is -0.136. The molecule has 2 aromatic rings. The number of hydrogen-bond acceptors (Lipinski definition) is 3. The van der Waals surface area contributed by atoms with Crippen molar-refractivity contribution in [1.82, 2.24) is 9.80 Å². The summed E-state index contributed by atoms with van der Waals surface area (Å²) in [5, 5.41) is 9.23. The second kappa shape index (κ2) is 7.97. The molecule has 28 heavy (non-hydrogen) atoms. The average Bonchev–Trinajstić information content (AvgIpc) is 3.08. The standard InChI is InChI=1S/C22H24F2N2O2/c23-19-7-6-16(10-20(19)24)17-12-26(11-15-4-2-1-3-5-15)21-8-9-25(13-18(17)21)22(28)14-27/h1-7,10,17-18,21,27H,8-9,11-14H2/t17-,18-,21-/m0/s1. The summed E-state index contributed by atoms with van der Waals surface area (Å²) in [5.74, 6) is -1.82. The Bertz CT molecular complexity index is 846. The number of aliphatic hydroxyl groups excluding tert-OH is 1. The summed E-state index contributed by atoms with van der Waals surface area (Å²) < 4.78 is 27.3. The molecule has 0 aliphatic carbocycles. The number of rotatable bonds is 4. The SMILES string of the molecule is O=C(CO)N1CC[C@H]2[C@@H](C1)[C@H](c1ccc(F)c(F)c1)CN2Cc1ccccc1. The molecule has 1 N–H and O–H groups in total. The molecule has 4 nitrogen and oxygen atoms in total. The predicted molar refractivity (Wildman–Crippen MR) is 102 cm³/mol. The summed E-state index contributed by atoms with van der Waals surface area (Å²) in [6, 6.07) is 14.6. The molecule has 2 aromatic carbocycles. The smallest absolute Gasteiger partial charge is 0.248 e. The highest BCUT2D eigenvalue weighted by molar-refractivity contribution is 5.77. The molecule has 2 fully saturated rings. The maximum atomic E-state index is 13.9. The third-order valence-corrected chi connectivity index (χ3v) is 6.13. The fourth-order valence-corrected chi connectivity index (χ4v) is 4.76. The monoisotopic (exact) mass is 386 g/mol. The minimum Gasteiger partial charge on any atom is -0.387 e. The van der Waals surface area contributed by atoms with Gasteiger partial charge in [0.25, 0.3) is 0 Å². The quantitative estimate of drug-likeness (QED) is 0.879. The van der Waals surface area contributed by atoms with Gasteiger partial charge in [-0.15, -0.1) is 0 Å². The normalized spacial score (nSPS) is 25.0. The van der Waals surface area contributed by atoms with Crippen LogP contribution in [0.25, 0.3) is 0 Å². The van der Waals surface area contributed by atoms with Crippen molar-refractivity contribution in [3.05, 3.63) is 71.3 Å². The lowest BCUT2D eigenvalue weighted by Crippen LogP contribution is -2.49. The number of benzene rings is 2. The van der Waals surface area contributed by atoms with Gasteiger partial charge in [-0.2, -0.15) is 0 Å². The van der Waals surface area contributed by atoms with Gasteiger partial charge in [-0.25, -0.2) is 8.78 Å². The number of hydrogen-bond donors (Lipinski definition) is 1. The van der Waals surface area contributed by atoms with Crippen LogP contribution in [0.15, 0.2) is 48.5 Å². The number of fused-ring (bicyclic) bond motifs is 1. The molecular weight excluding hydrogens is 362 g/mol. The Morgan fingerprint density at radius 1 is 1.07 bits per heavy atom. The first-order valence-electron chi connectivity index (χ1n) is 9.68. The lowest BCUT2D eigenvalue weighted by Gasteiger charge is -2.39. The van der Waals surface area contributed by atoms with Crippen molar-refractivity contribution < 1.29 is 18.7 Å². The van der Waals surface area contributed by atoms with Gasteiger partial charge < -0.3 is 10.0 Å². The zero-order chi connectivity index (χ0) is 19.7. The van der Waals surface area contributed by atoms with E-state index < -0.39 is 18.2 Å². The van der Waals surface area contributed by atoms with Crippen molar-refractivity contribution in [2.75, 3.05) is 26.2 Å². The van der Waals surface area contributed by atoms with Gasteiger partial charge in [0.15, 0.2) is 11.6 Å². The van der Waals surface area contributed by atoms with Crippen LogP contribution in [0.4, 0.5) is 8.78 Å². The summed E-state index contributed by atoms with van der Waals surface area (Å²) in [7, 11) is 0. The van der Waals surface area contributed by atoms with Crippen LogP contribution < -0.4 is 0 Å². The predicted octanol–water partition coefficient (Wildman–Crippen LogP) is 2.77. The zero-order valence-electron chi connectivity index (χ0n) is 15.6. The minimum absolute atomic E-state index is 0.0121. The molecule has 3 atom stereocenters. The maximum absolute atomic E-state index is 13.9. The third kappa shape index (κ3) is 3.66. The van der Waals surface area contributed by atoms with E-state index in [1.54, 1.807) is 11.0 Å². The molecule has 6 heteroatoms. The Kier molecular flexibility index (Phi) is 5.42. The first kappa shape index (κ1) is 19.0. The van der Waals surface area contributed by atoms with E-state index in [4.69, 9.17) is 0 Å². The topological polar surface area (TPSA) is 43.8 Å². The van der Waals surface area contributed by atoms with Crippen LogP contribution in [0.1, 0.15) is 23.5 Å². The number of nitrogens with zero attached hydrogens (tertiary/aromatic N) is 2. The summed E-state index contributed by atoms with van der Waals surface area (Å²) in [6.45, 7) is 2.16. The van der Waals surface area contributed by atoms with Gasteiger partial charge in [0.05, 0.1) is 0 Å². The number of carbonyl (C=O) groups excluding carboxylic acids is 1. The molecule has 4 rings (SSSR count). The van der Waals surface area contributed by atoms with Crippen molar-refractivity contribution >= 4 is 5.91 Å². The van der Waals surface area contributed by atoms with Gasteiger partial charge >= 0.3 is 0 Å². The zero-order valence-corrected chi connectivity index (χ0v) is 15.6. The van der Waals surface area contributed by atoms with Crippen LogP contribution in [0, 0.1) is 17.6 Å². The van der Waals surface area contributed by atoms with Gasteiger partial charge in [0.1, 0.15) is 6.61 Å². The first-order chi connectivity index (χ1) is 13.6. The summed E-state index contributed by atoms with van der Waals surface area (Å²) in [6.07, 6.45) is 0.809. The molecule has 0 spiro atoms. The fourth-order valence-electron chi connectivity index (χ4n) is 4.76. The van der Waals surface area contributed by atoms with Gasteiger partial charge in [-0.1, -0.05) is 36.4 Å². The average molecular weight is 386 g/mol. The van der Waals surface area contributed by atoms with Gasteiger partial charge in [0.2, 0.25) is 5.91 Å². The number of aliphatic hydroxyl groups is 1. The highest BCUT2D eigenvalue weighted by atomic mass is 19.2. The Morgan fingerprint density at radius 3 is 2.57 bits per heavy atom. The van der Waals surface area contributed by atoms with Crippen LogP contribution in [-0.4, -0.2) is 53.1 Å². The van der Waals surface area contributed by atoms with Gasteiger partial charge in [0, 0.05) is 44.1 Å². The summed E-state index contributed by atoms with van der Waals surface area (Å²) in [4.78, 5) is 16.1. The van der Waals surface area contributed by atoms with Crippen LogP contribution in [-0.2, 0) is 11.3 Å². The van der Waals surface area contributed by atoms with Gasteiger partial charge in [-0.3, -0.25) is 9.69 Å². The number of amides is 1. The fraction of sp³-hybridized carbons (Fsp3) is 0.409. The first-order valence-corrected chi connectivity index (χ1v) is 9.68. The molecule has 0 saturated carbocycles. The van der Waals surface area contributed by atoms with E-state index in [9.17, 15) is 18.7 Å². The van der Waals surface area contributed by atoms with E-state index in [1.807, 2.05) is 18.2 Å². The Labute approximate surface area is 163 Å². The van der Waals surface area contributed by atoms with E-state index in [2.05, 4.69) is 17.0 Å². The molecule has 148 valence electrons. The molecule has 0 radical (unpaired) electrons. The molecule has 0 bridgehead atoms. The van der Waals surface area contributed by atoms with Crippen molar-refractivity contribution in [2.24, 2.45) is 5.92 Å². The minimum atomic E-state index is -0.847. The van der Waals surface area contributed by atoms with Crippen LogP contribution >= 0.6 is 0 Å². The molecule has 2 aliphatic heterocycles. The number of piperidine rings is 1. The lowest BCUT2D eigenvalue weighted by atomic mass is 9.81. The Hall–Kier alpha value is -2.31. The molecule has 0 aromatic heterocycles. The highest BCUT2D eigenvalue weighted by Crippen LogP contribution is 2.42. The van der Waals surface area contributed by atoms with Crippen molar-refractivity contribution in [3.8, 4) is 0 Å². The van der Waals surface area contributed by atoms with E-state index in [1.165, 1.54) is 17.7 Å². The highest BCUT2D eigenvalue weighted by Gasteiger charge is 2.45. The second-order valence-electron chi connectivity index (χ2n) is 7.71. The van der Waals surface area contributed by atoms with E-state index in [-0.39, 0.29) is 23.8 Å². The third-order valence-electron chi connectivity index (χ3n) is 6.13. The largest absolute Gasteiger partial charge is 0.387 e. The van der Waals surface area contributed by atoms with E-state index in [0.29, 0.717) is 13.1 Å². The van der Waals surface area contributed by atoms with E-state index in [0.717, 1.165) is 25.1 Å². The molecule has 2 saturated heterocycles. The van der Waals surface area contributed by atoms with Crippen molar-refractivity contribution in [3.63, 3.8) is 0 Å². The van der Waals surface area contributed by atoms with Gasteiger partial charge in [-0.05, 0) is 29.7 Å². The number of halogens is 2. The molecule has 2 aliphatic rings. The Morgan fingerprint density at radius 2 is 1.86 bits per heavy atom. The van der Waals surface area contributed by atoms with E-state index >= 15 is 0 Å². The summed E-state index contributed by atoms with van der Waals surface area (Å²) >= 11 is 0.